The summed E-state index contributed by atoms with van der Waals surface area (Å²) in [5.74, 6) is -1.24. The molecule has 0 aliphatic heterocycles. The van der Waals surface area contributed by atoms with E-state index in [1.54, 1.807) is 42.5 Å². The van der Waals surface area contributed by atoms with Gasteiger partial charge in [0, 0.05) is 32.1 Å². The highest BCUT2D eigenvalue weighted by atomic mass is 35.5. The van der Waals surface area contributed by atoms with Crippen molar-refractivity contribution in [3.63, 3.8) is 0 Å². The van der Waals surface area contributed by atoms with Crippen molar-refractivity contribution in [2.45, 2.75) is 19.0 Å². The van der Waals surface area contributed by atoms with Crippen molar-refractivity contribution in [3.05, 3.63) is 98.0 Å². The third-order valence-electron chi connectivity index (χ3n) is 6.18. The van der Waals surface area contributed by atoms with Crippen LogP contribution in [0.15, 0.2) is 66.7 Å². The number of benzene rings is 3. The lowest BCUT2D eigenvalue weighted by atomic mass is 10.0. The van der Waals surface area contributed by atoms with Crippen molar-refractivity contribution in [1.29, 1.82) is 0 Å². The first-order valence-corrected chi connectivity index (χ1v) is 14.7. The number of nitrogens with one attached hydrogen (secondary N) is 1. The van der Waals surface area contributed by atoms with Crippen molar-refractivity contribution in [2.75, 3.05) is 31.3 Å². The van der Waals surface area contributed by atoms with E-state index in [0.29, 0.717) is 14.9 Å². The lowest BCUT2D eigenvalue weighted by molar-refractivity contribution is -0.384. The van der Waals surface area contributed by atoms with Gasteiger partial charge >= 0.3 is 0 Å². The van der Waals surface area contributed by atoms with E-state index in [-0.39, 0.29) is 29.4 Å². The van der Waals surface area contributed by atoms with Crippen LogP contribution in [0, 0.1) is 10.1 Å². The molecule has 1 atom stereocenters. The lowest BCUT2D eigenvalue weighted by Gasteiger charge is -2.33. The number of rotatable bonds is 12. The number of nitrogens with zero attached hydrogens (tertiary/aromatic N) is 3. The number of nitro groups is 1. The Bertz CT molecular complexity index is 1540. The van der Waals surface area contributed by atoms with Crippen LogP contribution in [0.4, 0.5) is 11.4 Å². The van der Waals surface area contributed by atoms with Gasteiger partial charge in [-0.1, -0.05) is 59.6 Å². The zero-order valence-corrected chi connectivity index (χ0v) is 24.7. The Hall–Kier alpha value is -3.87. The third-order valence-corrected chi connectivity index (χ3v) is 8.04. The number of hydrogen-bond acceptors (Lipinski definition) is 7. The number of carbonyl (C=O) groups excluding carboxylic acids is 2. The molecule has 2 amide bonds. The highest BCUT2D eigenvalue weighted by molar-refractivity contribution is 7.92. The maximum absolute atomic E-state index is 14.0. The molecule has 0 bridgehead atoms. The van der Waals surface area contributed by atoms with Crippen LogP contribution in [-0.4, -0.2) is 63.1 Å². The van der Waals surface area contributed by atoms with Crippen LogP contribution >= 0.6 is 23.2 Å². The van der Waals surface area contributed by atoms with E-state index >= 15 is 0 Å². The monoisotopic (exact) mass is 622 g/mol. The zero-order chi connectivity index (χ0) is 30.3. The molecular weight excluding hydrogens is 595 g/mol. The summed E-state index contributed by atoms with van der Waals surface area (Å²) in [5, 5.41) is 14.5. The predicted molar refractivity (Wildman–Crippen MR) is 157 cm³/mol. The molecule has 41 heavy (non-hydrogen) atoms. The minimum absolute atomic E-state index is 0.00278. The molecule has 1 N–H and O–H groups in total. The highest BCUT2D eigenvalue weighted by Gasteiger charge is 2.34. The van der Waals surface area contributed by atoms with Crippen molar-refractivity contribution in [3.8, 4) is 5.75 Å². The second-order valence-corrected chi connectivity index (χ2v) is 11.7. The van der Waals surface area contributed by atoms with Gasteiger partial charge in [0.05, 0.1) is 28.3 Å². The number of ether oxygens (including phenoxy) is 1. The maximum atomic E-state index is 14.0. The van der Waals surface area contributed by atoms with Gasteiger partial charge in [-0.05, 0) is 29.3 Å². The molecule has 0 fully saturated rings. The number of amides is 2. The van der Waals surface area contributed by atoms with Gasteiger partial charge in [-0.15, -0.1) is 0 Å². The Morgan fingerprint density at radius 1 is 1.02 bits per heavy atom. The average molecular weight is 624 g/mol. The minimum Gasteiger partial charge on any atom is -0.495 e. The maximum Gasteiger partial charge on any atom is 0.271 e. The summed E-state index contributed by atoms with van der Waals surface area (Å²) < 4.78 is 31.9. The number of non-ortho nitro benzene ring substituents is 1. The molecule has 0 unspecified atom stereocenters. The number of sulfonamides is 1. The molecule has 218 valence electrons. The number of likely N-dealkylation sites (N-methyl/N-ethyl adjacent to an activating group) is 1. The fraction of sp³-hybridized carbons (Fsp3) is 0.259. The Labute approximate surface area is 247 Å². The van der Waals surface area contributed by atoms with Gasteiger partial charge in [0.2, 0.25) is 21.8 Å². The fourth-order valence-corrected chi connectivity index (χ4v) is 5.30. The third kappa shape index (κ3) is 8.09. The summed E-state index contributed by atoms with van der Waals surface area (Å²) >= 11 is 12.3. The Morgan fingerprint density at radius 2 is 1.71 bits per heavy atom. The van der Waals surface area contributed by atoms with Crippen LogP contribution in [-0.2, 0) is 32.6 Å². The van der Waals surface area contributed by atoms with Crippen molar-refractivity contribution >= 4 is 56.4 Å². The fourth-order valence-electron chi connectivity index (χ4n) is 4.14. The topological polar surface area (TPSA) is 139 Å². The molecule has 0 aliphatic rings. The Kier molecular flexibility index (Phi) is 10.5. The number of carbonyl (C=O) groups is 2. The molecule has 11 nitrogen and oxygen atoms in total. The van der Waals surface area contributed by atoms with Crippen LogP contribution in [0.3, 0.4) is 0 Å². The summed E-state index contributed by atoms with van der Waals surface area (Å²) in [6, 6.07) is 16.1. The van der Waals surface area contributed by atoms with Crippen LogP contribution in [0.25, 0.3) is 0 Å². The van der Waals surface area contributed by atoms with E-state index in [1.807, 2.05) is 6.07 Å². The molecule has 0 heterocycles. The molecule has 0 spiro atoms. The summed E-state index contributed by atoms with van der Waals surface area (Å²) in [6.07, 6.45) is 0.981. The smallest absolute Gasteiger partial charge is 0.271 e. The van der Waals surface area contributed by atoms with Crippen molar-refractivity contribution in [1.82, 2.24) is 10.2 Å². The van der Waals surface area contributed by atoms with Crippen molar-refractivity contribution < 1.29 is 27.7 Å². The number of anilines is 1. The standard InChI is InChI=1S/C27H28Cl2N4O7S/c1-30-27(35)24(14-18-7-5-4-6-8-18)31(16-19-9-11-21(28)22(29)13-19)26(34)17-32(41(3,38)39)23-15-20(33(36)37)10-12-25(23)40-2/h4-13,15,24H,14,16-17H2,1-3H3,(H,30,35)/t24-/m1/s1. The number of halogens is 2. The van der Waals surface area contributed by atoms with Gasteiger partial charge in [0.25, 0.3) is 5.69 Å². The number of nitro benzene ring substituents is 1. The first kappa shape index (κ1) is 31.7. The molecular formula is C27H28Cl2N4O7S. The second-order valence-electron chi connectivity index (χ2n) is 8.97. The summed E-state index contributed by atoms with van der Waals surface area (Å²) in [7, 11) is -1.47. The normalized spacial score (nSPS) is 11.8. The van der Waals surface area contributed by atoms with E-state index in [0.717, 1.165) is 24.0 Å². The Balaban J connectivity index is 2.12. The first-order valence-electron chi connectivity index (χ1n) is 12.1. The molecule has 0 aromatic heterocycles. The molecule has 0 radical (unpaired) electrons. The van der Waals surface area contributed by atoms with Gasteiger partial charge in [-0.25, -0.2) is 8.42 Å². The Morgan fingerprint density at radius 3 is 2.27 bits per heavy atom. The molecule has 3 rings (SSSR count). The molecule has 3 aromatic carbocycles. The molecule has 0 saturated heterocycles. The van der Waals surface area contributed by atoms with E-state index in [2.05, 4.69) is 5.32 Å². The summed E-state index contributed by atoms with van der Waals surface area (Å²) in [6.45, 7) is -0.899. The molecule has 0 saturated carbocycles. The summed E-state index contributed by atoms with van der Waals surface area (Å²) in [5.41, 5.74) is 0.690. The van der Waals surface area contributed by atoms with E-state index in [1.165, 1.54) is 25.1 Å². The van der Waals surface area contributed by atoms with Crippen LogP contribution in [0.2, 0.25) is 10.0 Å². The van der Waals surface area contributed by atoms with E-state index < -0.39 is 45.0 Å². The number of hydrogen-bond donors (Lipinski definition) is 1. The zero-order valence-electron chi connectivity index (χ0n) is 22.4. The van der Waals surface area contributed by atoms with Gasteiger partial charge in [-0.3, -0.25) is 24.0 Å². The van der Waals surface area contributed by atoms with Gasteiger partial charge < -0.3 is 15.0 Å². The van der Waals surface area contributed by atoms with E-state index in [4.69, 9.17) is 27.9 Å². The van der Waals surface area contributed by atoms with Crippen LogP contribution in [0.1, 0.15) is 11.1 Å². The van der Waals surface area contributed by atoms with E-state index in [9.17, 15) is 28.1 Å². The predicted octanol–water partition coefficient (Wildman–Crippen LogP) is 4.06. The number of methoxy groups -OCH3 is 1. The SMILES string of the molecule is CNC(=O)[C@@H](Cc1ccccc1)N(Cc1ccc(Cl)c(Cl)c1)C(=O)CN(c1cc([N+](=O)[O-])ccc1OC)S(C)(=O)=O. The second kappa shape index (κ2) is 13.7. The van der Waals surface area contributed by atoms with Gasteiger partial charge in [0.15, 0.2) is 0 Å². The molecule has 3 aromatic rings. The van der Waals surface area contributed by atoms with Crippen molar-refractivity contribution in [2.24, 2.45) is 0 Å². The average Bonchev–Trinajstić information content (AvgIpc) is 2.94. The first-order chi connectivity index (χ1) is 19.3. The lowest BCUT2D eigenvalue weighted by Crippen LogP contribution is -2.52. The van der Waals surface area contributed by atoms with Gasteiger partial charge in [0.1, 0.15) is 24.0 Å². The van der Waals surface area contributed by atoms with Crippen LogP contribution in [0.5, 0.6) is 5.75 Å². The largest absolute Gasteiger partial charge is 0.495 e. The molecule has 0 aliphatic carbocycles. The minimum atomic E-state index is -4.17. The highest BCUT2D eigenvalue weighted by Crippen LogP contribution is 2.34. The van der Waals surface area contributed by atoms with Gasteiger partial charge in [-0.2, -0.15) is 0 Å². The summed E-state index contributed by atoms with van der Waals surface area (Å²) in [4.78, 5) is 39.2. The molecule has 14 heteroatoms. The van der Waals surface area contributed by atoms with Crippen LogP contribution < -0.4 is 14.4 Å². The quantitative estimate of drug-likeness (QED) is 0.237.